The second kappa shape index (κ2) is 5.53. The fourth-order valence-corrected chi connectivity index (χ4v) is 5.11. The van der Waals surface area contributed by atoms with Crippen molar-refractivity contribution in [2.45, 2.75) is 44.6 Å². The molecule has 3 N–H and O–H groups in total. The lowest BCUT2D eigenvalue weighted by Crippen LogP contribution is -2.29. The van der Waals surface area contributed by atoms with Crippen LogP contribution in [0.3, 0.4) is 0 Å². The van der Waals surface area contributed by atoms with E-state index in [9.17, 15) is 4.79 Å². The summed E-state index contributed by atoms with van der Waals surface area (Å²) >= 11 is 1.56. The van der Waals surface area contributed by atoms with Crippen molar-refractivity contribution in [1.82, 2.24) is 25.5 Å². The standard InChI is InChI=1S/C17H19N5OS/c23-17-15-13(20-16(21-17)12-5-1-2-7-18-12)9-4-3-6-11-10(8-19-22-11)14(9)24-15/h8,12,18H,1-7H2,(H,19,22)(H,20,21,23)/t12-/m0/s1. The summed E-state index contributed by atoms with van der Waals surface area (Å²) in [6, 6.07) is 0.168. The monoisotopic (exact) mass is 341 g/mol. The normalized spacial score (nSPS) is 20.6. The first-order chi connectivity index (χ1) is 11.8. The second-order valence-corrected chi connectivity index (χ2v) is 7.66. The van der Waals surface area contributed by atoms with Crippen molar-refractivity contribution in [3.05, 3.63) is 33.6 Å². The third-order valence-corrected chi connectivity index (χ3v) is 6.36. The summed E-state index contributed by atoms with van der Waals surface area (Å²) < 4.78 is 0.744. The lowest BCUT2D eigenvalue weighted by atomic mass is 10.0. The van der Waals surface area contributed by atoms with E-state index in [1.165, 1.54) is 18.4 Å². The molecule has 6 nitrogen and oxygen atoms in total. The number of hydrogen-bond donors (Lipinski definition) is 3. The van der Waals surface area contributed by atoms with Gasteiger partial charge in [-0.15, -0.1) is 11.3 Å². The second-order valence-electron chi connectivity index (χ2n) is 6.64. The molecule has 7 heteroatoms. The van der Waals surface area contributed by atoms with E-state index in [2.05, 4.69) is 20.5 Å². The molecule has 0 amide bonds. The molecular formula is C17H19N5OS. The molecule has 24 heavy (non-hydrogen) atoms. The minimum Gasteiger partial charge on any atom is -0.308 e. The molecule has 0 aromatic carbocycles. The van der Waals surface area contributed by atoms with Gasteiger partial charge in [-0.05, 0) is 44.2 Å². The molecule has 0 radical (unpaired) electrons. The molecule has 3 aromatic rings. The maximum Gasteiger partial charge on any atom is 0.268 e. The Morgan fingerprint density at radius 3 is 3.04 bits per heavy atom. The van der Waals surface area contributed by atoms with E-state index < -0.39 is 0 Å². The van der Waals surface area contributed by atoms with Crippen LogP contribution < -0.4 is 10.9 Å². The molecule has 1 aliphatic heterocycles. The number of H-pyrrole nitrogens is 2. The van der Waals surface area contributed by atoms with E-state index >= 15 is 0 Å². The molecule has 124 valence electrons. The highest BCUT2D eigenvalue weighted by atomic mass is 32.1. The summed E-state index contributed by atoms with van der Waals surface area (Å²) in [5, 5.41) is 10.8. The molecule has 3 aromatic heterocycles. The highest BCUT2D eigenvalue weighted by Gasteiger charge is 2.25. The van der Waals surface area contributed by atoms with Gasteiger partial charge in [-0.3, -0.25) is 9.89 Å². The Hall–Kier alpha value is -1.99. The minimum absolute atomic E-state index is 0.00880. The van der Waals surface area contributed by atoms with Crippen molar-refractivity contribution >= 4 is 21.6 Å². The number of nitrogens with one attached hydrogen (secondary N) is 3. The van der Waals surface area contributed by atoms with Crippen LogP contribution in [0.2, 0.25) is 0 Å². The van der Waals surface area contributed by atoms with E-state index in [0.717, 1.165) is 64.4 Å². The third-order valence-electron chi connectivity index (χ3n) is 5.10. The Bertz CT molecular complexity index is 963. The van der Waals surface area contributed by atoms with Crippen molar-refractivity contribution in [3.63, 3.8) is 0 Å². The van der Waals surface area contributed by atoms with Crippen LogP contribution >= 0.6 is 11.3 Å². The fourth-order valence-electron chi connectivity index (χ4n) is 3.89. The predicted octanol–water partition coefficient (Wildman–Crippen LogP) is 2.68. The van der Waals surface area contributed by atoms with Gasteiger partial charge in [-0.25, -0.2) is 4.98 Å². The largest absolute Gasteiger partial charge is 0.308 e. The molecule has 0 spiro atoms. The average molecular weight is 341 g/mol. The number of piperidine rings is 1. The van der Waals surface area contributed by atoms with Crippen LogP contribution in [0.4, 0.5) is 0 Å². The summed E-state index contributed by atoms with van der Waals surface area (Å²) in [4.78, 5) is 21.7. The zero-order valence-electron chi connectivity index (χ0n) is 13.3. The van der Waals surface area contributed by atoms with Crippen LogP contribution in [0.15, 0.2) is 11.0 Å². The van der Waals surface area contributed by atoms with Crippen LogP contribution in [0.5, 0.6) is 0 Å². The van der Waals surface area contributed by atoms with Gasteiger partial charge in [0.2, 0.25) is 0 Å². The fraction of sp³-hybridized carbons (Fsp3) is 0.471. The van der Waals surface area contributed by atoms with Gasteiger partial charge >= 0.3 is 0 Å². The summed E-state index contributed by atoms with van der Waals surface area (Å²) in [7, 11) is 0. The maximum absolute atomic E-state index is 12.7. The Balaban J connectivity index is 1.71. The smallest absolute Gasteiger partial charge is 0.268 e. The minimum atomic E-state index is -0.00880. The van der Waals surface area contributed by atoms with Gasteiger partial charge in [0.15, 0.2) is 0 Å². The molecule has 1 atom stereocenters. The van der Waals surface area contributed by atoms with E-state index in [0.29, 0.717) is 0 Å². The SMILES string of the molecule is O=c1[nH]c([C@@H]2CCCCN2)nc2c3c(sc12)-c1c[nH]nc1CCC3. The summed E-state index contributed by atoms with van der Waals surface area (Å²) in [6.45, 7) is 0.993. The van der Waals surface area contributed by atoms with E-state index in [1.54, 1.807) is 11.3 Å². The Morgan fingerprint density at radius 2 is 2.17 bits per heavy atom. The molecule has 5 rings (SSSR count). The quantitative estimate of drug-likeness (QED) is 0.635. The number of rotatable bonds is 1. The Labute approximate surface area is 142 Å². The number of thiophene rings is 1. The Kier molecular flexibility index (Phi) is 3.31. The summed E-state index contributed by atoms with van der Waals surface area (Å²) in [6.07, 6.45) is 8.34. The van der Waals surface area contributed by atoms with Crippen molar-refractivity contribution < 1.29 is 0 Å². The number of fused-ring (bicyclic) bond motifs is 5. The molecule has 0 bridgehead atoms. The average Bonchev–Trinajstić information content (AvgIpc) is 3.17. The van der Waals surface area contributed by atoms with Gasteiger partial charge in [0, 0.05) is 16.6 Å². The lowest BCUT2D eigenvalue weighted by Gasteiger charge is -2.22. The molecule has 1 saturated heterocycles. The summed E-state index contributed by atoms with van der Waals surface area (Å²) in [5.74, 6) is 0.796. The van der Waals surface area contributed by atoms with Gasteiger partial charge in [0.05, 0.1) is 17.3 Å². The van der Waals surface area contributed by atoms with Crippen molar-refractivity contribution in [2.75, 3.05) is 6.54 Å². The number of aryl methyl sites for hydroxylation is 2. The molecule has 0 saturated carbocycles. The topological polar surface area (TPSA) is 86.5 Å². The predicted molar refractivity (Wildman–Crippen MR) is 94.4 cm³/mol. The highest BCUT2D eigenvalue weighted by Crippen LogP contribution is 2.40. The summed E-state index contributed by atoms with van der Waals surface area (Å²) in [5.41, 5.74) is 4.35. The third kappa shape index (κ3) is 2.15. The van der Waals surface area contributed by atoms with Gasteiger partial charge in [0.1, 0.15) is 10.5 Å². The number of aromatic amines is 2. The van der Waals surface area contributed by atoms with Crippen LogP contribution in [0, 0.1) is 0 Å². The first kappa shape index (κ1) is 14.4. The molecule has 4 heterocycles. The van der Waals surface area contributed by atoms with E-state index in [-0.39, 0.29) is 11.6 Å². The van der Waals surface area contributed by atoms with Crippen LogP contribution in [0.1, 0.15) is 48.8 Å². The van der Waals surface area contributed by atoms with E-state index in [1.807, 2.05) is 6.20 Å². The zero-order chi connectivity index (χ0) is 16.1. The number of nitrogens with zero attached hydrogens (tertiary/aromatic N) is 2. The first-order valence-electron chi connectivity index (χ1n) is 8.63. The Morgan fingerprint density at radius 1 is 1.21 bits per heavy atom. The lowest BCUT2D eigenvalue weighted by molar-refractivity contribution is 0.397. The maximum atomic E-state index is 12.7. The van der Waals surface area contributed by atoms with Crippen molar-refractivity contribution in [1.29, 1.82) is 0 Å². The van der Waals surface area contributed by atoms with Gasteiger partial charge in [0.25, 0.3) is 5.56 Å². The van der Waals surface area contributed by atoms with Crippen molar-refractivity contribution in [3.8, 4) is 10.4 Å². The first-order valence-corrected chi connectivity index (χ1v) is 9.45. The zero-order valence-corrected chi connectivity index (χ0v) is 14.1. The molecule has 0 unspecified atom stereocenters. The highest BCUT2D eigenvalue weighted by molar-refractivity contribution is 7.22. The molecule has 1 aliphatic carbocycles. The van der Waals surface area contributed by atoms with E-state index in [4.69, 9.17) is 4.98 Å². The van der Waals surface area contributed by atoms with Crippen LogP contribution in [-0.2, 0) is 12.8 Å². The van der Waals surface area contributed by atoms with Gasteiger partial charge in [-0.1, -0.05) is 6.42 Å². The number of aromatic nitrogens is 4. The molecule has 2 aliphatic rings. The van der Waals surface area contributed by atoms with Gasteiger partial charge in [-0.2, -0.15) is 5.10 Å². The van der Waals surface area contributed by atoms with Crippen molar-refractivity contribution in [2.24, 2.45) is 0 Å². The number of hydrogen-bond acceptors (Lipinski definition) is 5. The molecule has 1 fully saturated rings. The van der Waals surface area contributed by atoms with Crippen LogP contribution in [-0.4, -0.2) is 26.7 Å². The van der Waals surface area contributed by atoms with Gasteiger partial charge < -0.3 is 10.3 Å². The van der Waals surface area contributed by atoms with Crippen LogP contribution in [0.25, 0.3) is 20.7 Å². The molecular weight excluding hydrogens is 322 g/mol.